The van der Waals surface area contributed by atoms with Crippen molar-refractivity contribution in [2.75, 3.05) is 19.0 Å². The minimum absolute atomic E-state index is 0.128. The second-order valence-corrected chi connectivity index (χ2v) is 7.81. The highest BCUT2D eigenvalue weighted by Crippen LogP contribution is 2.19. The number of methoxy groups -OCH3 is 1. The zero-order valence-electron chi connectivity index (χ0n) is 18.3. The third-order valence-electron chi connectivity index (χ3n) is 4.05. The summed E-state index contributed by atoms with van der Waals surface area (Å²) in [5.41, 5.74) is 1.28. The van der Waals surface area contributed by atoms with E-state index >= 15 is 0 Å². The first-order chi connectivity index (χ1) is 14.7. The molecule has 3 N–H and O–H groups in total. The van der Waals surface area contributed by atoms with E-state index in [9.17, 15) is 14.4 Å². The van der Waals surface area contributed by atoms with Crippen LogP contribution in [0.25, 0.3) is 0 Å². The molecule has 31 heavy (non-hydrogen) atoms. The summed E-state index contributed by atoms with van der Waals surface area (Å²) in [7, 11) is 1.51. The Labute approximate surface area is 182 Å². The molecule has 0 aliphatic carbocycles. The lowest BCUT2D eigenvalue weighted by atomic mass is 10.1. The van der Waals surface area contributed by atoms with Crippen molar-refractivity contribution in [3.63, 3.8) is 0 Å². The molecule has 2 aromatic carbocycles. The Hall–Kier alpha value is -3.55. The molecule has 0 aromatic heterocycles. The largest absolute Gasteiger partial charge is 0.496 e. The third kappa shape index (κ3) is 8.38. The minimum Gasteiger partial charge on any atom is -0.496 e. The maximum Gasteiger partial charge on any atom is 0.407 e. The zero-order chi connectivity index (χ0) is 22.9. The SMILES string of the molecule is COc1ccccc1C(=O)Nc1cccc(CNC(=O)CCNC(=O)OC(C)(C)C)c1. The Bertz CT molecular complexity index is 921. The zero-order valence-corrected chi connectivity index (χ0v) is 18.3. The van der Waals surface area contributed by atoms with Gasteiger partial charge in [-0.25, -0.2) is 4.79 Å². The van der Waals surface area contributed by atoms with Crippen LogP contribution < -0.4 is 20.7 Å². The van der Waals surface area contributed by atoms with E-state index in [0.717, 1.165) is 5.56 Å². The van der Waals surface area contributed by atoms with Crippen LogP contribution in [-0.2, 0) is 16.1 Å². The number of hydrogen-bond acceptors (Lipinski definition) is 5. The molecule has 0 atom stereocenters. The van der Waals surface area contributed by atoms with Crippen LogP contribution in [0, 0.1) is 0 Å². The average molecular weight is 428 g/mol. The smallest absolute Gasteiger partial charge is 0.407 e. The number of carbonyl (C=O) groups is 3. The van der Waals surface area contributed by atoms with Crippen molar-refractivity contribution in [3.8, 4) is 5.75 Å². The molecule has 3 amide bonds. The van der Waals surface area contributed by atoms with Crippen molar-refractivity contribution < 1.29 is 23.9 Å². The fourth-order valence-corrected chi connectivity index (χ4v) is 2.67. The summed E-state index contributed by atoms with van der Waals surface area (Å²) >= 11 is 0. The number of hydrogen-bond donors (Lipinski definition) is 3. The van der Waals surface area contributed by atoms with Gasteiger partial charge in [-0.2, -0.15) is 0 Å². The summed E-state index contributed by atoms with van der Waals surface area (Å²) in [5, 5.41) is 8.17. The van der Waals surface area contributed by atoms with Crippen molar-refractivity contribution >= 4 is 23.6 Å². The predicted octanol–water partition coefficient (Wildman–Crippen LogP) is 3.48. The fourth-order valence-electron chi connectivity index (χ4n) is 2.67. The summed E-state index contributed by atoms with van der Waals surface area (Å²) in [4.78, 5) is 36.1. The number of carbonyl (C=O) groups excluding carboxylic acids is 3. The topological polar surface area (TPSA) is 106 Å². The van der Waals surface area contributed by atoms with E-state index in [4.69, 9.17) is 9.47 Å². The Morgan fingerprint density at radius 3 is 2.42 bits per heavy atom. The first-order valence-corrected chi connectivity index (χ1v) is 9.95. The number of para-hydroxylation sites is 1. The van der Waals surface area contributed by atoms with E-state index in [-0.39, 0.29) is 24.8 Å². The number of nitrogens with one attached hydrogen (secondary N) is 3. The number of anilines is 1. The molecule has 0 saturated heterocycles. The Morgan fingerprint density at radius 2 is 1.71 bits per heavy atom. The first-order valence-electron chi connectivity index (χ1n) is 9.95. The molecule has 0 radical (unpaired) electrons. The number of ether oxygens (including phenoxy) is 2. The van der Waals surface area contributed by atoms with Gasteiger partial charge < -0.3 is 25.4 Å². The average Bonchev–Trinajstić information content (AvgIpc) is 2.71. The van der Waals surface area contributed by atoms with E-state index in [1.807, 2.05) is 6.07 Å². The van der Waals surface area contributed by atoms with E-state index in [2.05, 4.69) is 16.0 Å². The predicted molar refractivity (Wildman–Crippen MR) is 118 cm³/mol. The standard InChI is InChI=1S/C23H29N3O5/c1-23(2,3)31-22(29)24-13-12-20(27)25-15-16-8-7-9-17(14-16)26-21(28)18-10-5-6-11-19(18)30-4/h5-11,14H,12-13,15H2,1-4H3,(H,24,29)(H,25,27)(H,26,28). The molecule has 0 aliphatic rings. The van der Waals surface area contributed by atoms with Gasteiger partial charge in [0.2, 0.25) is 5.91 Å². The Balaban J connectivity index is 1.82. The molecule has 0 fully saturated rings. The van der Waals surface area contributed by atoms with Crippen molar-refractivity contribution in [2.45, 2.75) is 39.3 Å². The summed E-state index contributed by atoms with van der Waals surface area (Å²) in [5.74, 6) is -0.00483. The van der Waals surface area contributed by atoms with Crippen LogP contribution in [0.2, 0.25) is 0 Å². The number of amides is 3. The van der Waals surface area contributed by atoms with E-state index in [1.165, 1.54) is 7.11 Å². The van der Waals surface area contributed by atoms with Gasteiger partial charge in [-0.3, -0.25) is 9.59 Å². The van der Waals surface area contributed by atoms with Gasteiger partial charge >= 0.3 is 6.09 Å². The van der Waals surface area contributed by atoms with Gasteiger partial charge in [-0.1, -0.05) is 24.3 Å². The van der Waals surface area contributed by atoms with E-state index in [0.29, 0.717) is 23.5 Å². The molecule has 0 spiro atoms. The summed E-state index contributed by atoms with van der Waals surface area (Å²) in [6.45, 7) is 5.78. The molecule has 2 aromatic rings. The summed E-state index contributed by atoms with van der Waals surface area (Å²) in [6, 6.07) is 14.2. The lowest BCUT2D eigenvalue weighted by molar-refractivity contribution is -0.121. The highest BCUT2D eigenvalue weighted by atomic mass is 16.6. The molecule has 0 unspecified atom stereocenters. The van der Waals surface area contributed by atoms with Gasteiger partial charge in [0.1, 0.15) is 11.4 Å². The monoisotopic (exact) mass is 427 g/mol. The molecular formula is C23H29N3O5. The van der Waals surface area contributed by atoms with Crippen molar-refractivity contribution in [3.05, 3.63) is 59.7 Å². The lowest BCUT2D eigenvalue weighted by Gasteiger charge is -2.19. The van der Waals surface area contributed by atoms with Crippen LogP contribution in [-0.4, -0.2) is 37.2 Å². The van der Waals surface area contributed by atoms with Crippen LogP contribution in [0.15, 0.2) is 48.5 Å². The van der Waals surface area contributed by atoms with Gasteiger partial charge in [0.05, 0.1) is 12.7 Å². The third-order valence-corrected chi connectivity index (χ3v) is 4.05. The first kappa shape index (κ1) is 23.7. The van der Waals surface area contributed by atoms with E-state index in [1.54, 1.807) is 63.2 Å². The van der Waals surface area contributed by atoms with Crippen molar-refractivity contribution in [1.29, 1.82) is 0 Å². The van der Waals surface area contributed by atoms with Crippen LogP contribution in [0.4, 0.5) is 10.5 Å². The molecule has 0 saturated carbocycles. The van der Waals surface area contributed by atoms with Gasteiger partial charge in [0, 0.05) is 25.2 Å². The van der Waals surface area contributed by atoms with Gasteiger partial charge in [-0.05, 0) is 50.6 Å². The lowest BCUT2D eigenvalue weighted by Crippen LogP contribution is -2.35. The molecule has 0 aliphatic heterocycles. The van der Waals surface area contributed by atoms with Gasteiger partial charge in [-0.15, -0.1) is 0 Å². The van der Waals surface area contributed by atoms with Crippen molar-refractivity contribution in [2.24, 2.45) is 0 Å². The van der Waals surface area contributed by atoms with E-state index < -0.39 is 11.7 Å². The summed E-state index contributed by atoms with van der Waals surface area (Å²) < 4.78 is 10.3. The number of alkyl carbamates (subject to hydrolysis) is 1. The number of rotatable bonds is 8. The van der Waals surface area contributed by atoms with Crippen LogP contribution in [0.1, 0.15) is 43.1 Å². The van der Waals surface area contributed by atoms with Crippen LogP contribution in [0.5, 0.6) is 5.75 Å². The molecule has 0 bridgehead atoms. The summed E-state index contributed by atoms with van der Waals surface area (Å²) in [6.07, 6.45) is -0.428. The maximum atomic E-state index is 12.5. The fraction of sp³-hybridized carbons (Fsp3) is 0.348. The maximum absolute atomic E-state index is 12.5. The molecule has 0 heterocycles. The van der Waals surface area contributed by atoms with Crippen LogP contribution >= 0.6 is 0 Å². The molecule has 2 rings (SSSR count). The number of benzene rings is 2. The Morgan fingerprint density at radius 1 is 0.968 bits per heavy atom. The van der Waals surface area contributed by atoms with Crippen LogP contribution in [0.3, 0.4) is 0 Å². The highest BCUT2D eigenvalue weighted by Gasteiger charge is 2.16. The second-order valence-electron chi connectivity index (χ2n) is 7.81. The Kier molecular flexibility index (Phi) is 8.43. The molecular weight excluding hydrogens is 398 g/mol. The highest BCUT2D eigenvalue weighted by molar-refractivity contribution is 6.06. The normalized spacial score (nSPS) is 10.7. The molecule has 8 nitrogen and oxygen atoms in total. The molecule has 166 valence electrons. The second kappa shape index (κ2) is 11.0. The van der Waals surface area contributed by atoms with Crippen molar-refractivity contribution in [1.82, 2.24) is 10.6 Å². The van der Waals surface area contributed by atoms with Gasteiger partial charge in [0.25, 0.3) is 5.91 Å². The molecule has 8 heteroatoms. The quantitative estimate of drug-likeness (QED) is 0.598. The van der Waals surface area contributed by atoms with Gasteiger partial charge in [0.15, 0.2) is 0 Å². The minimum atomic E-state index is -0.585.